The van der Waals surface area contributed by atoms with Crippen LogP contribution >= 0.6 is 0 Å². The summed E-state index contributed by atoms with van der Waals surface area (Å²) < 4.78 is 1.43. The van der Waals surface area contributed by atoms with Crippen molar-refractivity contribution in [1.82, 2.24) is 20.2 Å². The van der Waals surface area contributed by atoms with Crippen molar-refractivity contribution < 1.29 is 4.84 Å². The van der Waals surface area contributed by atoms with Gasteiger partial charge in [0.25, 0.3) is 5.95 Å². The fourth-order valence-corrected chi connectivity index (χ4v) is 0.458. The predicted octanol–water partition coefficient (Wildman–Crippen LogP) is -0.813. The van der Waals surface area contributed by atoms with Crippen molar-refractivity contribution >= 4 is 5.95 Å². The van der Waals surface area contributed by atoms with E-state index >= 15 is 0 Å². The molecule has 0 amide bonds. The summed E-state index contributed by atoms with van der Waals surface area (Å²) in [7, 11) is 1.68. The van der Waals surface area contributed by atoms with Crippen LogP contribution in [0, 0.1) is 12.3 Å². The minimum atomic E-state index is 0.173. The van der Waals surface area contributed by atoms with Crippen LogP contribution in [0.1, 0.15) is 0 Å². The van der Waals surface area contributed by atoms with E-state index in [0.717, 1.165) is 0 Å². The Bertz CT molecular complexity index is 262. The molecule has 1 aromatic heterocycles. The highest BCUT2D eigenvalue weighted by molar-refractivity contribution is 5.16. The molecule has 0 saturated heterocycles. The van der Waals surface area contributed by atoms with Crippen molar-refractivity contribution in [2.24, 2.45) is 7.05 Å². The van der Waals surface area contributed by atoms with Gasteiger partial charge in [-0.15, -0.1) is 6.42 Å². The Morgan fingerprint density at radius 1 is 1.82 bits per heavy atom. The summed E-state index contributed by atoms with van der Waals surface area (Å²) >= 11 is 0. The summed E-state index contributed by atoms with van der Waals surface area (Å²) in [5.41, 5.74) is 2.48. The zero-order valence-electron chi connectivity index (χ0n) is 5.98. The van der Waals surface area contributed by atoms with Gasteiger partial charge in [0.1, 0.15) is 6.61 Å². The van der Waals surface area contributed by atoms with Gasteiger partial charge in [0.15, 0.2) is 0 Å². The Morgan fingerprint density at radius 3 is 3.18 bits per heavy atom. The number of hydrogen-bond donors (Lipinski definition) is 1. The van der Waals surface area contributed by atoms with Crippen LogP contribution in [-0.4, -0.2) is 26.8 Å². The third-order valence-corrected chi connectivity index (χ3v) is 0.939. The predicted molar refractivity (Wildman–Crippen MR) is 37.2 cm³/mol. The number of aromatic nitrogens is 4. The van der Waals surface area contributed by atoms with Crippen molar-refractivity contribution in [3.05, 3.63) is 0 Å². The maximum absolute atomic E-state index is 4.93. The van der Waals surface area contributed by atoms with Crippen LogP contribution in [0.2, 0.25) is 0 Å². The zero-order valence-corrected chi connectivity index (χ0v) is 5.98. The van der Waals surface area contributed by atoms with E-state index in [1.807, 2.05) is 0 Å². The lowest BCUT2D eigenvalue weighted by atomic mass is 10.8. The SMILES string of the molecule is C#CCONc1nnnn1C. The summed E-state index contributed by atoms with van der Waals surface area (Å²) in [5.74, 6) is 2.70. The van der Waals surface area contributed by atoms with E-state index in [-0.39, 0.29) is 6.61 Å². The summed E-state index contributed by atoms with van der Waals surface area (Å²) in [4.78, 5) is 4.76. The molecule has 0 saturated carbocycles. The topological polar surface area (TPSA) is 64.9 Å². The van der Waals surface area contributed by atoms with Crippen molar-refractivity contribution in [3.8, 4) is 12.3 Å². The minimum Gasteiger partial charge on any atom is -0.260 e. The van der Waals surface area contributed by atoms with E-state index in [0.29, 0.717) is 5.95 Å². The number of anilines is 1. The fourth-order valence-electron chi connectivity index (χ4n) is 0.458. The Hall–Kier alpha value is -1.61. The molecule has 0 aliphatic carbocycles. The molecule has 0 atom stereocenters. The van der Waals surface area contributed by atoms with Crippen LogP contribution < -0.4 is 5.48 Å². The molecule has 0 aromatic carbocycles. The first-order valence-electron chi connectivity index (χ1n) is 2.88. The Labute approximate surface area is 63.5 Å². The normalized spacial score (nSPS) is 9.09. The third kappa shape index (κ3) is 1.91. The fraction of sp³-hybridized carbons (Fsp3) is 0.400. The lowest BCUT2D eigenvalue weighted by molar-refractivity contribution is 0.229. The largest absolute Gasteiger partial charge is 0.266 e. The number of nitrogens with zero attached hydrogens (tertiary/aromatic N) is 4. The average molecular weight is 153 g/mol. The van der Waals surface area contributed by atoms with Gasteiger partial charge < -0.3 is 0 Å². The molecule has 0 unspecified atom stereocenters. The van der Waals surface area contributed by atoms with Gasteiger partial charge in [0.2, 0.25) is 0 Å². The van der Waals surface area contributed by atoms with Gasteiger partial charge in [-0.3, -0.25) is 4.84 Å². The summed E-state index contributed by atoms with van der Waals surface area (Å²) in [6, 6.07) is 0. The summed E-state index contributed by atoms with van der Waals surface area (Å²) in [6.07, 6.45) is 4.93. The molecule has 6 heteroatoms. The lowest BCUT2D eigenvalue weighted by Gasteiger charge is -1.99. The molecular weight excluding hydrogens is 146 g/mol. The standard InChI is InChI=1S/C5H7N5O/c1-3-4-11-7-5-6-8-9-10(5)2/h1H,4H2,2H3,(H,6,7,9). The highest BCUT2D eigenvalue weighted by Gasteiger charge is 1.98. The third-order valence-electron chi connectivity index (χ3n) is 0.939. The quantitative estimate of drug-likeness (QED) is 0.349. The lowest BCUT2D eigenvalue weighted by Crippen LogP contribution is -2.06. The number of hydrogen-bond acceptors (Lipinski definition) is 5. The van der Waals surface area contributed by atoms with Gasteiger partial charge in [0.05, 0.1) is 0 Å². The zero-order chi connectivity index (χ0) is 8.10. The van der Waals surface area contributed by atoms with Gasteiger partial charge in [-0.2, -0.15) is 0 Å². The van der Waals surface area contributed by atoms with Crippen LogP contribution in [0.4, 0.5) is 5.95 Å². The Balaban J connectivity index is 2.40. The molecule has 0 spiro atoms. The van der Waals surface area contributed by atoms with E-state index in [9.17, 15) is 0 Å². The van der Waals surface area contributed by atoms with Gasteiger partial charge in [-0.1, -0.05) is 11.0 Å². The van der Waals surface area contributed by atoms with Gasteiger partial charge in [0, 0.05) is 7.05 Å². The molecule has 1 N–H and O–H groups in total. The molecule has 0 fully saturated rings. The summed E-state index contributed by atoms with van der Waals surface area (Å²) in [5, 5.41) is 10.5. The van der Waals surface area contributed by atoms with E-state index in [2.05, 4.69) is 26.9 Å². The monoisotopic (exact) mass is 153 g/mol. The Kier molecular flexibility index (Phi) is 2.41. The van der Waals surface area contributed by atoms with Crippen LogP contribution in [0.15, 0.2) is 0 Å². The molecule has 0 aliphatic heterocycles. The Morgan fingerprint density at radius 2 is 2.64 bits per heavy atom. The van der Waals surface area contributed by atoms with E-state index in [1.165, 1.54) is 4.68 Å². The van der Waals surface area contributed by atoms with Crippen LogP contribution in [0.3, 0.4) is 0 Å². The first-order chi connectivity index (χ1) is 5.34. The van der Waals surface area contributed by atoms with Crippen LogP contribution in [-0.2, 0) is 11.9 Å². The molecule has 6 nitrogen and oxygen atoms in total. The summed E-state index contributed by atoms with van der Waals surface area (Å²) in [6.45, 7) is 0.173. The minimum absolute atomic E-state index is 0.173. The van der Waals surface area contributed by atoms with Crippen LogP contribution in [0.25, 0.3) is 0 Å². The molecule has 1 aromatic rings. The second kappa shape index (κ2) is 3.53. The highest BCUT2D eigenvalue weighted by atomic mass is 16.6. The van der Waals surface area contributed by atoms with Crippen molar-refractivity contribution in [1.29, 1.82) is 0 Å². The number of nitrogens with one attached hydrogen (secondary N) is 1. The number of tetrazole rings is 1. The van der Waals surface area contributed by atoms with Crippen molar-refractivity contribution in [2.45, 2.75) is 0 Å². The second-order valence-corrected chi connectivity index (χ2v) is 1.72. The molecule has 58 valence electrons. The highest BCUT2D eigenvalue weighted by Crippen LogP contribution is 1.93. The van der Waals surface area contributed by atoms with Crippen LogP contribution in [0.5, 0.6) is 0 Å². The first kappa shape index (κ1) is 7.50. The van der Waals surface area contributed by atoms with Gasteiger partial charge in [-0.25, -0.2) is 10.2 Å². The molecule has 1 rings (SSSR count). The van der Waals surface area contributed by atoms with Gasteiger partial charge >= 0.3 is 0 Å². The average Bonchev–Trinajstić information content (AvgIpc) is 2.37. The first-order valence-corrected chi connectivity index (χ1v) is 2.88. The molecular formula is C5H7N5O. The van der Waals surface area contributed by atoms with E-state index < -0.39 is 0 Å². The maximum atomic E-state index is 4.93. The molecule has 0 radical (unpaired) electrons. The second-order valence-electron chi connectivity index (χ2n) is 1.72. The van der Waals surface area contributed by atoms with Crippen molar-refractivity contribution in [2.75, 3.05) is 12.1 Å². The smallest absolute Gasteiger partial charge is 0.260 e. The van der Waals surface area contributed by atoms with E-state index in [1.54, 1.807) is 7.05 Å². The van der Waals surface area contributed by atoms with E-state index in [4.69, 9.17) is 11.3 Å². The maximum Gasteiger partial charge on any atom is 0.266 e. The molecule has 0 bridgehead atoms. The number of rotatable bonds is 3. The number of aryl methyl sites for hydroxylation is 1. The molecule has 11 heavy (non-hydrogen) atoms. The molecule has 1 heterocycles. The van der Waals surface area contributed by atoms with Gasteiger partial charge in [-0.05, 0) is 10.4 Å². The number of terminal acetylenes is 1. The molecule has 0 aliphatic rings. The van der Waals surface area contributed by atoms with Crippen molar-refractivity contribution in [3.63, 3.8) is 0 Å².